The van der Waals surface area contributed by atoms with E-state index in [2.05, 4.69) is 10.2 Å². The van der Waals surface area contributed by atoms with Crippen LogP contribution in [-0.2, 0) is 11.2 Å². The first-order valence-corrected chi connectivity index (χ1v) is 8.76. The van der Waals surface area contributed by atoms with Crippen LogP contribution in [0.2, 0.25) is 0 Å². The number of amides is 2. The molecule has 0 bridgehead atoms. The van der Waals surface area contributed by atoms with Crippen LogP contribution in [-0.4, -0.2) is 67.0 Å². The van der Waals surface area contributed by atoms with Crippen LogP contribution in [0.25, 0.3) is 0 Å². The third-order valence-corrected chi connectivity index (χ3v) is 4.91. The van der Waals surface area contributed by atoms with Gasteiger partial charge < -0.3 is 15.0 Å². The summed E-state index contributed by atoms with van der Waals surface area (Å²) in [5, 5.41) is 3.01. The second-order valence-corrected chi connectivity index (χ2v) is 6.83. The molecule has 0 spiro atoms. The van der Waals surface area contributed by atoms with E-state index in [1.807, 2.05) is 23.1 Å². The largest absolute Gasteiger partial charge is 0.493 e. The van der Waals surface area contributed by atoms with Crippen LogP contribution >= 0.6 is 0 Å². The Morgan fingerprint density at radius 2 is 1.96 bits per heavy atom. The van der Waals surface area contributed by atoms with Crippen LogP contribution < -0.4 is 10.1 Å². The molecule has 3 aliphatic rings. The molecule has 0 aromatic heterocycles. The molecule has 128 valence electrons. The van der Waals surface area contributed by atoms with Crippen LogP contribution in [0.1, 0.15) is 28.8 Å². The maximum Gasteiger partial charge on any atom is 0.253 e. The van der Waals surface area contributed by atoms with Gasteiger partial charge in [0.05, 0.1) is 13.2 Å². The molecule has 6 heteroatoms. The van der Waals surface area contributed by atoms with Crippen molar-refractivity contribution in [1.82, 2.24) is 15.1 Å². The van der Waals surface area contributed by atoms with Crippen molar-refractivity contribution >= 4 is 11.8 Å². The number of hydrogen-bond acceptors (Lipinski definition) is 4. The first-order valence-electron chi connectivity index (χ1n) is 8.76. The quantitative estimate of drug-likeness (QED) is 0.881. The van der Waals surface area contributed by atoms with Gasteiger partial charge in [0.15, 0.2) is 0 Å². The zero-order chi connectivity index (χ0) is 16.5. The Bertz CT molecular complexity index is 649. The number of benzene rings is 1. The van der Waals surface area contributed by atoms with Crippen molar-refractivity contribution in [1.29, 1.82) is 0 Å². The molecule has 0 unspecified atom stereocenters. The summed E-state index contributed by atoms with van der Waals surface area (Å²) in [5.41, 5.74) is 1.86. The van der Waals surface area contributed by atoms with E-state index in [0.29, 0.717) is 32.3 Å². The Hall–Kier alpha value is -2.08. The Morgan fingerprint density at radius 1 is 1.17 bits per heavy atom. The molecule has 1 saturated carbocycles. The van der Waals surface area contributed by atoms with E-state index in [1.165, 1.54) is 0 Å². The van der Waals surface area contributed by atoms with Crippen LogP contribution in [0.3, 0.4) is 0 Å². The van der Waals surface area contributed by atoms with Crippen molar-refractivity contribution in [2.45, 2.75) is 25.3 Å². The number of nitrogens with one attached hydrogen (secondary N) is 1. The van der Waals surface area contributed by atoms with Crippen molar-refractivity contribution in [3.05, 3.63) is 29.3 Å². The van der Waals surface area contributed by atoms with E-state index in [9.17, 15) is 9.59 Å². The fourth-order valence-electron chi connectivity index (χ4n) is 3.32. The SMILES string of the molecule is O=C(CN1CCN(C(=O)c2ccc3c(c2)CCO3)CC1)NC1CC1. The molecule has 24 heavy (non-hydrogen) atoms. The molecular weight excluding hydrogens is 306 g/mol. The standard InChI is InChI=1S/C18H23N3O3/c22-17(19-15-2-3-15)12-20-6-8-21(9-7-20)18(23)14-1-4-16-13(11-14)5-10-24-16/h1,4,11,15H,2-3,5-10,12H2,(H,19,22). The predicted molar refractivity (Wildman–Crippen MR) is 89.1 cm³/mol. The summed E-state index contributed by atoms with van der Waals surface area (Å²) in [4.78, 5) is 28.5. The normalized spacial score (nSPS) is 20.4. The third-order valence-electron chi connectivity index (χ3n) is 4.91. The number of rotatable bonds is 4. The molecule has 2 heterocycles. The monoisotopic (exact) mass is 329 g/mol. The van der Waals surface area contributed by atoms with Gasteiger partial charge in [-0.05, 0) is 36.6 Å². The maximum absolute atomic E-state index is 12.7. The molecular formula is C18H23N3O3. The number of carbonyl (C=O) groups is 2. The Balaban J connectivity index is 1.30. The molecule has 1 N–H and O–H groups in total. The van der Waals surface area contributed by atoms with Crippen LogP contribution in [0.4, 0.5) is 0 Å². The summed E-state index contributed by atoms with van der Waals surface area (Å²) in [5.74, 6) is 1.08. The van der Waals surface area contributed by atoms with E-state index in [1.54, 1.807) is 0 Å². The molecule has 2 amide bonds. The lowest BCUT2D eigenvalue weighted by Crippen LogP contribution is -2.51. The Labute approximate surface area is 141 Å². The summed E-state index contributed by atoms with van der Waals surface area (Å²) in [6, 6.07) is 6.11. The van der Waals surface area contributed by atoms with Crippen molar-refractivity contribution < 1.29 is 14.3 Å². The lowest BCUT2D eigenvalue weighted by Gasteiger charge is -2.34. The first kappa shape index (κ1) is 15.4. The summed E-state index contributed by atoms with van der Waals surface area (Å²) in [7, 11) is 0. The van der Waals surface area contributed by atoms with Crippen molar-refractivity contribution in [2.75, 3.05) is 39.3 Å². The highest BCUT2D eigenvalue weighted by Gasteiger charge is 2.27. The van der Waals surface area contributed by atoms with Crippen LogP contribution in [0.5, 0.6) is 5.75 Å². The molecule has 2 aliphatic heterocycles. The number of piperazine rings is 1. The zero-order valence-corrected chi connectivity index (χ0v) is 13.8. The predicted octanol–water partition coefficient (Wildman–Crippen LogP) is 0.658. The topological polar surface area (TPSA) is 61.9 Å². The highest BCUT2D eigenvalue weighted by Crippen LogP contribution is 2.26. The van der Waals surface area contributed by atoms with E-state index >= 15 is 0 Å². The van der Waals surface area contributed by atoms with Gasteiger partial charge in [-0.1, -0.05) is 0 Å². The van der Waals surface area contributed by atoms with Gasteiger partial charge in [-0.25, -0.2) is 0 Å². The first-order chi connectivity index (χ1) is 11.7. The van der Waals surface area contributed by atoms with Crippen molar-refractivity contribution in [3.8, 4) is 5.75 Å². The molecule has 1 aromatic rings. The molecule has 1 aliphatic carbocycles. The van der Waals surface area contributed by atoms with Gasteiger partial charge in [0.2, 0.25) is 5.91 Å². The number of nitrogens with zero attached hydrogens (tertiary/aromatic N) is 2. The fourth-order valence-corrected chi connectivity index (χ4v) is 3.32. The molecule has 1 saturated heterocycles. The van der Waals surface area contributed by atoms with Gasteiger partial charge in [-0.3, -0.25) is 14.5 Å². The van der Waals surface area contributed by atoms with E-state index < -0.39 is 0 Å². The molecule has 6 nitrogen and oxygen atoms in total. The zero-order valence-electron chi connectivity index (χ0n) is 13.8. The van der Waals surface area contributed by atoms with Gasteiger partial charge in [0, 0.05) is 44.2 Å². The minimum absolute atomic E-state index is 0.0757. The fraction of sp³-hybridized carbons (Fsp3) is 0.556. The summed E-state index contributed by atoms with van der Waals surface area (Å²) >= 11 is 0. The van der Waals surface area contributed by atoms with E-state index in [-0.39, 0.29) is 11.8 Å². The highest BCUT2D eigenvalue weighted by atomic mass is 16.5. The maximum atomic E-state index is 12.7. The van der Waals surface area contributed by atoms with E-state index in [0.717, 1.165) is 49.2 Å². The number of carbonyl (C=O) groups excluding carboxylic acids is 2. The average Bonchev–Trinajstić information content (AvgIpc) is 3.27. The average molecular weight is 329 g/mol. The summed E-state index contributed by atoms with van der Waals surface area (Å²) < 4.78 is 5.49. The van der Waals surface area contributed by atoms with Gasteiger partial charge in [-0.15, -0.1) is 0 Å². The lowest BCUT2D eigenvalue weighted by molar-refractivity contribution is -0.122. The van der Waals surface area contributed by atoms with Crippen molar-refractivity contribution in [2.24, 2.45) is 0 Å². The lowest BCUT2D eigenvalue weighted by atomic mass is 10.1. The Kier molecular flexibility index (Phi) is 4.14. The smallest absolute Gasteiger partial charge is 0.253 e. The number of fused-ring (bicyclic) bond motifs is 1. The molecule has 0 radical (unpaired) electrons. The third kappa shape index (κ3) is 3.38. The van der Waals surface area contributed by atoms with Crippen molar-refractivity contribution in [3.63, 3.8) is 0 Å². The summed E-state index contributed by atoms with van der Waals surface area (Å²) in [6.45, 7) is 3.98. The number of hydrogen-bond donors (Lipinski definition) is 1. The van der Waals surface area contributed by atoms with Gasteiger partial charge in [0.1, 0.15) is 5.75 Å². The Morgan fingerprint density at radius 3 is 2.71 bits per heavy atom. The van der Waals surface area contributed by atoms with Gasteiger partial charge in [-0.2, -0.15) is 0 Å². The van der Waals surface area contributed by atoms with Gasteiger partial charge >= 0.3 is 0 Å². The van der Waals surface area contributed by atoms with E-state index in [4.69, 9.17) is 4.74 Å². The minimum Gasteiger partial charge on any atom is -0.493 e. The summed E-state index contributed by atoms with van der Waals surface area (Å²) in [6.07, 6.45) is 3.10. The van der Waals surface area contributed by atoms with Crippen LogP contribution in [0, 0.1) is 0 Å². The minimum atomic E-state index is 0.0757. The molecule has 2 fully saturated rings. The van der Waals surface area contributed by atoms with Crippen LogP contribution in [0.15, 0.2) is 18.2 Å². The highest BCUT2D eigenvalue weighted by molar-refractivity contribution is 5.94. The number of ether oxygens (including phenoxy) is 1. The second kappa shape index (κ2) is 6.43. The molecule has 4 rings (SSSR count). The second-order valence-electron chi connectivity index (χ2n) is 6.83. The van der Waals surface area contributed by atoms with Gasteiger partial charge in [0.25, 0.3) is 5.91 Å². The molecule has 1 aromatic carbocycles. The molecule has 0 atom stereocenters.